The molecule has 0 atom stereocenters. The van der Waals surface area contributed by atoms with Crippen LogP contribution in [0.15, 0.2) is 4.99 Å². The van der Waals surface area contributed by atoms with Gasteiger partial charge in [-0.1, -0.05) is 0 Å². The Balaban J connectivity index is 2.44. The van der Waals surface area contributed by atoms with E-state index in [0.29, 0.717) is 6.61 Å². The second kappa shape index (κ2) is 5.20. The fourth-order valence-corrected chi connectivity index (χ4v) is 1.49. The molecule has 1 rings (SSSR count). The molecule has 4 nitrogen and oxygen atoms in total. The summed E-state index contributed by atoms with van der Waals surface area (Å²) in [7, 11) is 1.71. The zero-order valence-electron chi connectivity index (χ0n) is 9.39. The molecule has 82 valence electrons. The molecule has 0 saturated heterocycles. The van der Waals surface area contributed by atoms with Gasteiger partial charge in [-0.05, 0) is 26.7 Å². The molecule has 0 spiro atoms. The first-order valence-corrected chi connectivity index (χ1v) is 5.19. The lowest BCUT2D eigenvalue weighted by atomic mass is 10.1. The summed E-state index contributed by atoms with van der Waals surface area (Å²) in [5.41, 5.74) is -0.0646. The number of nitrogens with zero attached hydrogens (tertiary/aromatic N) is 1. The third-order valence-corrected chi connectivity index (χ3v) is 2.11. The Bertz CT molecular complexity index is 202. The van der Waals surface area contributed by atoms with E-state index in [0.717, 1.165) is 19.0 Å². The van der Waals surface area contributed by atoms with Gasteiger partial charge in [-0.2, -0.15) is 0 Å². The van der Waals surface area contributed by atoms with E-state index in [-0.39, 0.29) is 5.54 Å². The Kier molecular flexibility index (Phi) is 4.20. The summed E-state index contributed by atoms with van der Waals surface area (Å²) in [6.07, 6.45) is 2.36. The molecule has 0 aromatic heterocycles. The van der Waals surface area contributed by atoms with E-state index in [9.17, 15) is 0 Å². The minimum atomic E-state index is -0.0646. The quantitative estimate of drug-likeness (QED) is 0.704. The third-order valence-electron chi connectivity index (χ3n) is 2.11. The van der Waals surface area contributed by atoms with Gasteiger partial charge in [0.2, 0.25) is 0 Å². The van der Waals surface area contributed by atoms with Crippen molar-refractivity contribution in [3.8, 4) is 0 Å². The van der Waals surface area contributed by atoms with Crippen LogP contribution in [-0.2, 0) is 4.74 Å². The van der Waals surface area contributed by atoms with Crippen LogP contribution < -0.4 is 10.6 Å². The van der Waals surface area contributed by atoms with Gasteiger partial charge < -0.3 is 15.4 Å². The average Bonchev–Trinajstić information content (AvgIpc) is 2.31. The Hall–Kier alpha value is -0.770. The van der Waals surface area contributed by atoms with Gasteiger partial charge in [0, 0.05) is 20.2 Å². The van der Waals surface area contributed by atoms with Crippen molar-refractivity contribution < 1.29 is 4.74 Å². The summed E-state index contributed by atoms with van der Waals surface area (Å²) in [5.74, 6) is 0.907. The van der Waals surface area contributed by atoms with E-state index >= 15 is 0 Å². The van der Waals surface area contributed by atoms with Crippen molar-refractivity contribution in [3.05, 3.63) is 0 Å². The second-order valence-electron chi connectivity index (χ2n) is 4.31. The maximum Gasteiger partial charge on any atom is 0.191 e. The first-order valence-electron chi connectivity index (χ1n) is 5.19. The predicted octanol–water partition coefficient (Wildman–Crippen LogP) is 0.740. The van der Waals surface area contributed by atoms with E-state index < -0.39 is 0 Å². The van der Waals surface area contributed by atoms with Crippen LogP contribution in [0.2, 0.25) is 0 Å². The van der Waals surface area contributed by atoms with E-state index in [4.69, 9.17) is 4.74 Å². The molecule has 1 heterocycles. The summed E-state index contributed by atoms with van der Waals surface area (Å²) in [6.45, 7) is 6.80. The standard InChI is InChI=1S/C10H21N3O/c1-10(2,8-14-3)13-9-11-6-4-5-7-12-9/h4-8H2,1-3H3,(H2,11,12,13). The lowest BCUT2D eigenvalue weighted by Gasteiger charge is -2.27. The predicted molar refractivity (Wildman–Crippen MR) is 58.6 cm³/mol. The Morgan fingerprint density at radius 2 is 2.29 bits per heavy atom. The molecular formula is C10H21N3O. The van der Waals surface area contributed by atoms with Gasteiger partial charge >= 0.3 is 0 Å². The van der Waals surface area contributed by atoms with Crippen molar-refractivity contribution in [1.29, 1.82) is 0 Å². The monoisotopic (exact) mass is 199 g/mol. The van der Waals surface area contributed by atoms with Crippen molar-refractivity contribution >= 4 is 5.96 Å². The van der Waals surface area contributed by atoms with Gasteiger partial charge in [0.25, 0.3) is 0 Å². The highest BCUT2D eigenvalue weighted by molar-refractivity contribution is 5.80. The number of rotatable bonds is 3. The zero-order chi connectivity index (χ0) is 10.4. The maximum atomic E-state index is 5.13. The molecule has 0 aromatic carbocycles. The van der Waals surface area contributed by atoms with Crippen LogP contribution in [-0.4, -0.2) is 38.3 Å². The Labute approximate surface area is 86.1 Å². The van der Waals surface area contributed by atoms with Crippen LogP contribution in [0.25, 0.3) is 0 Å². The maximum absolute atomic E-state index is 5.13. The fourth-order valence-electron chi connectivity index (χ4n) is 1.49. The molecule has 0 saturated carbocycles. The summed E-state index contributed by atoms with van der Waals surface area (Å²) in [4.78, 5) is 4.43. The normalized spacial score (nSPS) is 18.1. The Morgan fingerprint density at radius 3 is 3.00 bits per heavy atom. The number of hydrogen-bond acceptors (Lipinski definition) is 4. The highest BCUT2D eigenvalue weighted by Crippen LogP contribution is 2.02. The van der Waals surface area contributed by atoms with Gasteiger partial charge in [-0.25, -0.2) is 0 Å². The number of hydrogen-bond donors (Lipinski definition) is 2. The number of aliphatic imine (C=N–C) groups is 1. The molecule has 1 aliphatic heterocycles. The molecule has 0 aromatic rings. The second-order valence-corrected chi connectivity index (χ2v) is 4.31. The zero-order valence-corrected chi connectivity index (χ0v) is 9.39. The van der Waals surface area contributed by atoms with Crippen LogP contribution in [0.3, 0.4) is 0 Å². The highest BCUT2D eigenvalue weighted by Gasteiger charge is 2.19. The van der Waals surface area contributed by atoms with Gasteiger partial charge in [0.1, 0.15) is 0 Å². The molecule has 2 N–H and O–H groups in total. The van der Waals surface area contributed by atoms with E-state index in [1.165, 1.54) is 12.8 Å². The fraction of sp³-hybridized carbons (Fsp3) is 0.900. The van der Waals surface area contributed by atoms with Crippen molar-refractivity contribution in [1.82, 2.24) is 10.6 Å². The van der Waals surface area contributed by atoms with Gasteiger partial charge in [-0.15, -0.1) is 0 Å². The first-order chi connectivity index (χ1) is 6.64. The average molecular weight is 199 g/mol. The lowest BCUT2D eigenvalue weighted by Crippen LogP contribution is -2.51. The molecule has 0 bridgehead atoms. The van der Waals surface area contributed by atoms with Crippen molar-refractivity contribution in [2.75, 3.05) is 26.8 Å². The summed E-state index contributed by atoms with van der Waals surface area (Å²) in [5, 5.41) is 6.63. The topological polar surface area (TPSA) is 45.6 Å². The van der Waals surface area contributed by atoms with E-state index in [1.54, 1.807) is 7.11 Å². The first kappa shape index (κ1) is 11.3. The van der Waals surface area contributed by atoms with Gasteiger partial charge in [-0.3, -0.25) is 4.99 Å². The van der Waals surface area contributed by atoms with Crippen molar-refractivity contribution in [2.45, 2.75) is 32.2 Å². The van der Waals surface area contributed by atoms with E-state index in [2.05, 4.69) is 29.5 Å². The number of nitrogens with one attached hydrogen (secondary N) is 2. The highest BCUT2D eigenvalue weighted by atomic mass is 16.5. The van der Waals surface area contributed by atoms with Crippen LogP contribution in [0.1, 0.15) is 26.7 Å². The van der Waals surface area contributed by atoms with Crippen LogP contribution in [0.4, 0.5) is 0 Å². The smallest absolute Gasteiger partial charge is 0.191 e. The molecule has 0 unspecified atom stereocenters. The molecule has 0 fully saturated rings. The van der Waals surface area contributed by atoms with Gasteiger partial charge in [0.05, 0.1) is 12.1 Å². The SMILES string of the molecule is COCC(C)(C)NC1=NCCCCN1. The summed E-state index contributed by atoms with van der Waals surface area (Å²) in [6, 6.07) is 0. The summed E-state index contributed by atoms with van der Waals surface area (Å²) < 4.78 is 5.13. The molecule has 4 heteroatoms. The van der Waals surface area contributed by atoms with E-state index in [1.807, 2.05) is 0 Å². The largest absolute Gasteiger partial charge is 0.382 e. The summed E-state index contributed by atoms with van der Waals surface area (Å²) >= 11 is 0. The molecular weight excluding hydrogens is 178 g/mol. The number of guanidine groups is 1. The minimum absolute atomic E-state index is 0.0646. The van der Waals surface area contributed by atoms with Crippen LogP contribution in [0, 0.1) is 0 Å². The minimum Gasteiger partial charge on any atom is -0.382 e. The van der Waals surface area contributed by atoms with Crippen LogP contribution >= 0.6 is 0 Å². The third kappa shape index (κ3) is 3.96. The molecule has 0 aliphatic carbocycles. The van der Waals surface area contributed by atoms with Gasteiger partial charge in [0.15, 0.2) is 5.96 Å². The molecule has 1 aliphatic rings. The van der Waals surface area contributed by atoms with Crippen LogP contribution in [0.5, 0.6) is 0 Å². The lowest BCUT2D eigenvalue weighted by molar-refractivity contribution is 0.139. The molecule has 0 radical (unpaired) electrons. The Morgan fingerprint density at radius 1 is 1.50 bits per heavy atom. The van der Waals surface area contributed by atoms with Crippen molar-refractivity contribution in [3.63, 3.8) is 0 Å². The number of methoxy groups -OCH3 is 1. The molecule has 0 amide bonds. The number of ether oxygens (including phenoxy) is 1. The van der Waals surface area contributed by atoms with Crippen molar-refractivity contribution in [2.24, 2.45) is 4.99 Å². The molecule has 14 heavy (non-hydrogen) atoms.